The Morgan fingerprint density at radius 3 is 1.07 bits per heavy atom. The smallest absolute Gasteiger partial charge is 0.0468 e. The molecule has 630 valence electrons. The van der Waals surface area contributed by atoms with Crippen LogP contribution in [-0.2, 0) is 10.8 Å². The van der Waals surface area contributed by atoms with Crippen molar-refractivity contribution in [3.05, 3.63) is 423 Å². The molecule has 0 atom stereocenters. The number of para-hydroxylation sites is 3. The Kier molecular flexibility index (Phi) is 16.0. The third kappa shape index (κ3) is 10.7. The fraction of sp³-hybridized carbons (Fsp3) is 0.0469. The predicted octanol–water partition coefficient (Wildman–Crippen LogP) is 39.2. The normalized spacial score (nSPS) is 13.5. The quantitative estimate of drug-likeness (QED) is 0.133. The highest BCUT2D eigenvalue weighted by molar-refractivity contribution is 7.28. The summed E-state index contributed by atoms with van der Waals surface area (Å²) < 4.78 is 13.7. The fourth-order valence-corrected chi connectivity index (χ4v) is 30.4. The molecule has 0 saturated heterocycles. The maximum absolute atomic E-state index is 2.47. The third-order valence-corrected chi connectivity index (χ3v) is 36.1. The highest BCUT2D eigenvalue weighted by atomic mass is 32.1. The second-order valence-corrected chi connectivity index (χ2v) is 43.6. The monoisotopic (exact) mass is 1800 g/mol. The second-order valence-electron chi connectivity index (χ2n) is 38.2. The van der Waals surface area contributed by atoms with E-state index in [0.29, 0.717) is 0 Å². The molecule has 32 rings (SSSR count). The van der Waals surface area contributed by atoms with Gasteiger partial charge in [-0.3, -0.25) is 0 Å². The molecule has 22 aromatic carbocycles. The van der Waals surface area contributed by atoms with Gasteiger partial charge in [0.15, 0.2) is 0 Å². The van der Waals surface area contributed by atoms with Crippen molar-refractivity contribution in [2.75, 3.05) is 9.80 Å². The van der Waals surface area contributed by atoms with Crippen LogP contribution in [0, 0.1) is 0 Å². The van der Waals surface area contributed by atoms with Gasteiger partial charge in [0.2, 0.25) is 0 Å². The van der Waals surface area contributed by atoms with Gasteiger partial charge in [-0.2, -0.15) is 0 Å². The zero-order chi connectivity index (χ0) is 88.7. The molecule has 5 aliphatic carbocycles. The zero-order valence-electron chi connectivity index (χ0n) is 74.0. The summed E-state index contributed by atoms with van der Waals surface area (Å²) in [5.41, 5.74) is 34.2. The first kappa shape index (κ1) is 76.4. The fourth-order valence-electron chi connectivity index (χ4n) is 24.6. The van der Waals surface area contributed by atoms with Crippen LogP contribution in [0.2, 0.25) is 0 Å². The van der Waals surface area contributed by atoms with Crippen LogP contribution < -0.4 is 9.80 Å². The second kappa shape index (κ2) is 28.2. The van der Waals surface area contributed by atoms with Gasteiger partial charge in [0.05, 0.1) is 0 Å². The molecule has 2 nitrogen and oxygen atoms in total. The van der Waals surface area contributed by atoms with Crippen LogP contribution in [-0.4, -0.2) is 0 Å². The Balaban J connectivity index is 0.0000000979. The highest BCUT2D eigenvalue weighted by Crippen LogP contribution is 2.65. The molecule has 0 fully saturated rings. The maximum atomic E-state index is 2.47. The van der Waals surface area contributed by atoms with Gasteiger partial charge in [0, 0.05) is 151 Å². The largest absolute Gasteiger partial charge is 0.311 e. The van der Waals surface area contributed by atoms with Gasteiger partial charge in [0.1, 0.15) is 0 Å². The van der Waals surface area contributed by atoms with Crippen LogP contribution in [0.4, 0.5) is 34.1 Å². The molecule has 0 spiro atoms. The van der Waals surface area contributed by atoms with E-state index in [2.05, 4.69) is 438 Å². The zero-order valence-corrected chi connectivity index (χ0v) is 78.1. The third-order valence-electron chi connectivity index (χ3n) is 30.5. The molecule has 27 aromatic rings. The molecule has 5 aromatic heterocycles. The number of fused-ring (bicyclic) bond motifs is 9. The van der Waals surface area contributed by atoms with E-state index in [1.807, 2.05) is 56.7 Å². The van der Waals surface area contributed by atoms with Gasteiger partial charge in [-0.1, -0.05) is 289 Å². The van der Waals surface area contributed by atoms with E-state index in [1.54, 1.807) is 0 Å². The van der Waals surface area contributed by atoms with E-state index in [1.165, 1.54) is 266 Å². The van der Waals surface area contributed by atoms with Gasteiger partial charge < -0.3 is 9.80 Å². The summed E-state index contributed by atoms with van der Waals surface area (Å²) in [5, 5.41) is 27.5. The maximum Gasteiger partial charge on any atom is 0.0468 e. The molecule has 135 heavy (non-hydrogen) atoms. The first-order valence-electron chi connectivity index (χ1n) is 46.7. The molecule has 0 amide bonds. The van der Waals surface area contributed by atoms with Gasteiger partial charge in [-0.05, 0) is 299 Å². The SMILES string of the molecule is CC1(C)c2cccc3c2-c2c1ccc1c(-c4ccc(N(c5ccccc5)c5ccccc5)cc4)cc4sc5cccc-3c5c4c21.CC1(C)c2cccc3c2-c2c1ccc1c(-c4cccc(N(c5ccccc5)c5ccc6c(ccc7ccccc76)c5)c4)cc4sc5cccc-3c5c4c21.c1ccc2c(c1)sc1ccc(-c3cc4sc5cccc6c5c4c4c3ccc3sc5cccc-6c5c34)cc12. The lowest BCUT2D eigenvalue weighted by atomic mass is 9.80. The summed E-state index contributed by atoms with van der Waals surface area (Å²) in [4.78, 5) is 4.73. The van der Waals surface area contributed by atoms with Crippen LogP contribution in [0.15, 0.2) is 400 Å². The topological polar surface area (TPSA) is 6.48 Å². The summed E-state index contributed by atoms with van der Waals surface area (Å²) in [6.07, 6.45) is 0. The summed E-state index contributed by atoms with van der Waals surface area (Å²) in [6, 6.07) is 150. The lowest BCUT2D eigenvalue weighted by Crippen LogP contribution is -2.15. The first-order valence-corrected chi connectivity index (χ1v) is 50.8. The van der Waals surface area contributed by atoms with Crippen molar-refractivity contribution in [3.8, 4) is 89.0 Å². The number of thiophene rings is 5. The van der Waals surface area contributed by atoms with E-state index in [4.69, 9.17) is 0 Å². The van der Waals surface area contributed by atoms with E-state index in [0.717, 1.165) is 34.1 Å². The lowest BCUT2D eigenvalue weighted by Gasteiger charge is -2.26. The lowest BCUT2D eigenvalue weighted by molar-refractivity contribution is 0.661. The van der Waals surface area contributed by atoms with E-state index in [9.17, 15) is 0 Å². The Morgan fingerprint density at radius 2 is 0.504 bits per heavy atom. The van der Waals surface area contributed by atoms with Crippen molar-refractivity contribution in [1.82, 2.24) is 0 Å². The van der Waals surface area contributed by atoms with Gasteiger partial charge in [-0.25, -0.2) is 0 Å². The average molecular weight is 1800 g/mol. The standard InChI is InChI=1S/C51H33NS.C43H29NS.C34H16S3/c1-51(2)42-19-9-17-38-39-18-10-20-44-47(39)50-45(53-44)29-41(40-25-26-43(51)49(46(38)42)48(40)50)31-12-8-15-34(27-31)52(33-13-4-3-5-14-33)35-23-24-37-32(28-35)22-21-30-11-6-7-16-36(30)37;1-43(2)34-17-9-15-30-31-16-10-18-36-39(31)42-37(45-36)25-33(32-23-24-35(43)41(38(30)34)40(32)42)26-19-21-29(22-20-26)44(27-11-5-3-6-12-27)28-13-7-4-8-14-28;1-2-8-24-18(5-1)23-15-17(11-13-25(23)35-24)22-16-29-34-31-20(7-4-10-27(31)37-29)19-6-3-9-26-30(19)33-28(36-26)14-12-21(22)32(33)34/h3-29H,1-2H3;3-25H,1-2H3;1-16H. The summed E-state index contributed by atoms with van der Waals surface area (Å²) in [7, 11) is 0. The number of nitrogens with zero attached hydrogens (tertiary/aromatic N) is 2. The van der Waals surface area contributed by atoms with Gasteiger partial charge >= 0.3 is 0 Å². The Hall–Kier alpha value is -15.2. The minimum absolute atomic E-state index is 0.0431. The van der Waals surface area contributed by atoms with Crippen molar-refractivity contribution < 1.29 is 0 Å². The summed E-state index contributed by atoms with van der Waals surface area (Å²) >= 11 is 9.63. The molecular formula is C128H78N2S5. The van der Waals surface area contributed by atoms with E-state index < -0.39 is 0 Å². The van der Waals surface area contributed by atoms with Crippen molar-refractivity contribution in [1.29, 1.82) is 0 Å². The number of hydrogen-bond donors (Lipinski definition) is 0. The van der Waals surface area contributed by atoms with Crippen LogP contribution in [0.25, 0.3) is 244 Å². The van der Waals surface area contributed by atoms with Crippen LogP contribution in [0.5, 0.6) is 0 Å². The molecule has 7 heteroatoms. The molecule has 0 bridgehead atoms. The minimum Gasteiger partial charge on any atom is -0.311 e. The number of hydrogen-bond acceptors (Lipinski definition) is 7. The van der Waals surface area contributed by atoms with Crippen LogP contribution in [0.1, 0.15) is 49.9 Å². The average Bonchev–Trinajstić information content (AvgIpc) is 1.53. The van der Waals surface area contributed by atoms with Crippen LogP contribution in [0.3, 0.4) is 0 Å². The molecule has 0 aliphatic heterocycles. The van der Waals surface area contributed by atoms with Crippen molar-refractivity contribution >= 4 is 246 Å². The Bertz CT molecular complexity index is 9890. The van der Waals surface area contributed by atoms with E-state index >= 15 is 0 Å². The Morgan fingerprint density at radius 1 is 0.163 bits per heavy atom. The molecular weight excluding hydrogens is 1730 g/mol. The van der Waals surface area contributed by atoms with E-state index in [-0.39, 0.29) is 10.8 Å². The molecule has 5 heterocycles. The first-order chi connectivity index (χ1) is 66.5. The van der Waals surface area contributed by atoms with Gasteiger partial charge in [-0.15, -0.1) is 56.7 Å². The van der Waals surface area contributed by atoms with Gasteiger partial charge in [0.25, 0.3) is 0 Å². The highest BCUT2D eigenvalue weighted by Gasteiger charge is 2.43. The van der Waals surface area contributed by atoms with Crippen molar-refractivity contribution in [3.63, 3.8) is 0 Å². The number of anilines is 6. The molecule has 0 unspecified atom stereocenters. The Labute approximate surface area is 798 Å². The van der Waals surface area contributed by atoms with Crippen LogP contribution >= 0.6 is 56.7 Å². The minimum atomic E-state index is -0.0686. The van der Waals surface area contributed by atoms with Crippen molar-refractivity contribution in [2.45, 2.75) is 38.5 Å². The van der Waals surface area contributed by atoms with Crippen molar-refractivity contribution in [2.24, 2.45) is 0 Å². The number of rotatable bonds is 9. The summed E-state index contributed by atoms with van der Waals surface area (Å²) in [5.74, 6) is 0. The molecule has 0 saturated carbocycles. The number of benzene rings is 22. The molecule has 0 N–H and O–H groups in total. The summed E-state index contributed by atoms with van der Waals surface area (Å²) in [6.45, 7) is 9.61. The predicted molar refractivity (Wildman–Crippen MR) is 589 cm³/mol. The molecule has 0 radical (unpaired) electrons. The molecule has 5 aliphatic rings.